The first-order valence-corrected chi connectivity index (χ1v) is 10.1. The minimum Gasteiger partial charge on any atom is -0.345 e. The number of pyridine rings is 1. The second-order valence-electron chi connectivity index (χ2n) is 6.88. The molecule has 30 heavy (non-hydrogen) atoms. The summed E-state index contributed by atoms with van der Waals surface area (Å²) in [6.07, 6.45) is 2.92. The van der Waals surface area contributed by atoms with E-state index in [0.717, 1.165) is 21.3 Å². The summed E-state index contributed by atoms with van der Waals surface area (Å²) in [5, 5.41) is 6.67. The Bertz CT molecular complexity index is 1340. The van der Waals surface area contributed by atoms with Gasteiger partial charge >= 0.3 is 0 Å². The van der Waals surface area contributed by atoms with Crippen molar-refractivity contribution in [1.82, 2.24) is 19.9 Å². The molecular formula is C21H19N5O3S. The molecule has 0 saturated carbocycles. The van der Waals surface area contributed by atoms with Crippen LogP contribution in [0.3, 0.4) is 0 Å². The van der Waals surface area contributed by atoms with Crippen LogP contribution in [0.1, 0.15) is 10.4 Å². The second kappa shape index (κ2) is 8.03. The van der Waals surface area contributed by atoms with Crippen molar-refractivity contribution >= 4 is 50.0 Å². The Morgan fingerprint density at radius 1 is 1.13 bits per heavy atom. The van der Waals surface area contributed by atoms with E-state index in [0.29, 0.717) is 15.9 Å². The number of carbonyl (C=O) groups is 2. The Hall–Kier alpha value is -3.59. The first-order chi connectivity index (χ1) is 14.4. The Morgan fingerprint density at radius 2 is 1.93 bits per heavy atom. The van der Waals surface area contributed by atoms with Gasteiger partial charge in [-0.2, -0.15) is 0 Å². The third-order valence-electron chi connectivity index (χ3n) is 4.79. The number of hydrogen-bond donors (Lipinski definition) is 2. The number of nitrogens with one attached hydrogen (secondary N) is 2. The summed E-state index contributed by atoms with van der Waals surface area (Å²) in [4.78, 5) is 47.3. The highest BCUT2D eigenvalue weighted by molar-refractivity contribution is 7.18. The minimum absolute atomic E-state index is 0.207. The first-order valence-electron chi connectivity index (χ1n) is 9.29. The van der Waals surface area contributed by atoms with Crippen molar-refractivity contribution in [2.45, 2.75) is 20.4 Å². The minimum atomic E-state index is -0.449. The van der Waals surface area contributed by atoms with Crippen molar-refractivity contribution < 1.29 is 9.59 Å². The van der Waals surface area contributed by atoms with Gasteiger partial charge < -0.3 is 10.6 Å². The molecule has 8 nitrogen and oxygen atoms in total. The van der Waals surface area contributed by atoms with Gasteiger partial charge in [-0.15, -0.1) is 11.3 Å². The fourth-order valence-electron chi connectivity index (χ4n) is 3.12. The molecule has 1 aromatic carbocycles. The highest BCUT2D eigenvalue weighted by Crippen LogP contribution is 2.25. The number of amides is 2. The number of carbonyl (C=O) groups excluding carboxylic acids is 2. The normalized spacial score (nSPS) is 11.0. The Morgan fingerprint density at radius 3 is 2.77 bits per heavy atom. The summed E-state index contributed by atoms with van der Waals surface area (Å²) in [5.74, 6) is -0.833. The number of aromatic nitrogens is 3. The molecule has 0 bridgehead atoms. The SMILES string of the molecule is Cc1sc2ncn(CC(=O)NCC(=O)Nc3cnc4ccccc4c3)c(=O)c2c1C. The summed E-state index contributed by atoms with van der Waals surface area (Å²) in [6, 6.07) is 9.38. The van der Waals surface area contributed by atoms with Crippen LogP contribution in [0.5, 0.6) is 0 Å². The molecule has 2 amide bonds. The van der Waals surface area contributed by atoms with Gasteiger partial charge in [0, 0.05) is 10.3 Å². The standard InChI is InChI=1S/C21H19N5O3S/c1-12-13(2)30-20-19(12)21(29)26(11-24-20)10-18(28)23-9-17(27)25-15-7-14-5-3-4-6-16(14)22-8-15/h3-8,11H,9-10H2,1-2H3,(H,23,28)(H,25,27). The Balaban J connectivity index is 1.38. The molecule has 0 aliphatic carbocycles. The number of para-hydroxylation sites is 1. The number of hydrogen-bond acceptors (Lipinski definition) is 6. The van der Waals surface area contributed by atoms with Gasteiger partial charge in [0.05, 0.1) is 35.7 Å². The highest BCUT2D eigenvalue weighted by Gasteiger charge is 2.14. The van der Waals surface area contributed by atoms with Gasteiger partial charge in [-0.1, -0.05) is 18.2 Å². The van der Waals surface area contributed by atoms with Crippen LogP contribution < -0.4 is 16.2 Å². The molecule has 0 radical (unpaired) electrons. The quantitative estimate of drug-likeness (QED) is 0.515. The van der Waals surface area contributed by atoms with Crippen LogP contribution in [0.25, 0.3) is 21.1 Å². The zero-order valence-electron chi connectivity index (χ0n) is 16.4. The van der Waals surface area contributed by atoms with E-state index in [2.05, 4.69) is 20.6 Å². The molecule has 9 heteroatoms. The fourth-order valence-corrected chi connectivity index (χ4v) is 4.10. The third kappa shape index (κ3) is 3.92. The number of rotatable bonds is 5. The van der Waals surface area contributed by atoms with Gasteiger partial charge in [0.1, 0.15) is 11.4 Å². The lowest BCUT2D eigenvalue weighted by atomic mass is 10.2. The molecule has 0 aliphatic rings. The lowest BCUT2D eigenvalue weighted by Crippen LogP contribution is -2.37. The van der Waals surface area contributed by atoms with Gasteiger partial charge in [0.2, 0.25) is 11.8 Å². The molecular weight excluding hydrogens is 402 g/mol. The number of nitrogens with zero attached hydrogens (tertiary/aromatic N) is 3. The summed E-state index contributed by atoms with van der Waals surface area (Å²) < 4.78 is 1.25. The largest absolute Gasteiger partial charge is 0.345 e. The van der Waals surface area contributed by atoms with Crippen LogP contribution >= 0.6 is 11.3 Å². The van der Waals surface area contributed by atoms with Gasteiger partial charge in [0.25, 0.3) is 5.56 Å². The molecule has 152 valence electrons. The summed E-state index contributed by atoms with van der Waals surface area (Å²) in [7, 11) is 0. The monoisotopic (exact) mass is 421 g/mol. The van der Waals surface area contributed by atoms with Gasteiger partial charge in [0.15, 0.2) is 0 Å². The summed E-state index contributed by atoms with van der Waals surface area (Å²) in [6.45, 7) is 3.38. The molecule has 0 unspecified atom stereocenters. The topological polar surface area (TPSA) is 106 Å². The zero-order valence-corrected chi connectivity index (χ0v) is 17.2. The van der Waals surface area contributed by atoms with E-state index in [1.54, 1.807) is 6.20 Å². The van der Waals surface area contributed by atoms with E-state index in [1.807, 2.05) is 44.2 Å². The van der Waals surface area contributed by atoms with E-state index in [4.69, 9.17) is 0 Å². The molecule has 3 aromatic heterocycles. The van der Waals surface area contributed by atoms with Gasteiger partial charge in [-0.25, -0.2) is 4.98 Å². The van der Waals surface area contributed by atoms with Crippen LogP contribution in [-0.2, 0) is 16.1 Å². The molecule has 0 atom stereocenters. The van der Waals surface area contributed by atoms with Gasteiger partial charge in [-0.05, 0) is 31.5 Å². The van der Waals surface area contributed by atoms with E-state index in [9.17, 15) is 14.4 Å². The maximum atomic E-state index is 12.6. The number of aryl methyl sites for hydroxylation is 2. The molecule has 2 N–H and O–H groups in total. The molecule has 4 aromatic rings. The van der Waals surface area contributed by atoms with Crippen LogP contribution in [0, 0.1) is 13.8 Å². The predicted octanol–water partition coefficient (Wildman–Crippen LogP) is 2.38. The number of fused-ring (bicyclic) bond motifs is 2. The van der Waals surface area contributed by atoms with Gasteiger partial charge in [-0.3, -0.25) is 23.9 Å². The number of thiophene rings is 1. The van der Waals surface area contributed by atoms with Crippen LogP contribution in [-0.4, -0.2) is 32.9 Å². The Labute approximate surface area is 175 Å². The summed E-state index contributed by atoms with van der Waals surface area (Å²) in [5.41, 5.74) is 1.99. The van der Waals surface area contributed by atoms with Crippen molar-refractivity contribution in [1.29, 1.82) is 0 Å². The predicted molar refractivity (Wildman–Crippen MR) is 117 cm³/mol. The zero-order chi connectivity index (χ0) is 21.3. The fraction of sp³-hybridized carbons (Fsp3) is 0.190. The molecule has 3 heterocycles. The van der Waals surface area contributed by atoms with Crippen molar-refractivity contribution in [2.75, 3.05) is 11.9 Å². The number of anilines is 1. The van der Waals surface area contributed by atoms with Crippen molar-refractivity contribution in [2.24, 2.45) is 0 Å². The second-order valence-corrected chi connectivity index (χ2v) is 8.09. The maximum Gasteiger partial charge on any atom is 0.262 e. The maximum absolute atomic E-state index is 12.6. The lowest BCUT2D eigenvalue weighted by Gasteiger charge is -2.09. The van der Waals surface area contributed by atoms with Crippen molar-refractivity contribution in [3.05, 3.63) is 63.7 Å². The number of benzene rings is 1. The van der Waals surface area contributed by atoms with Crippen LogP contribution in [0.4, 0.5) is 5.69 Å². The van der Waals surface area contributed by atoms with E-state index < -0.39 is 5.91 Å². The summed E-state index contributed by atoms with van der Waals surface area (Å²) >= 11 is 1.45. The smallest absolute Gasteiger partial charge is 0.262 e. The van der Waals surface area contributed by atoms with E-state index in [1.165, 1.54) is 22.2 Å². The average Bonchev–Trinajstić information content (AvgIpc) is 3.03. The average molecular weight is 421 g/mol. The Kier molecular flexibility index (Phi) is 5.28. The molecule has 0 aliphatic heterocycles. The molecule has 0 spiro atoms. The van der Waals surface area contributed by atoms with Crippen LogP contribution in [0.15, 0.2) is 47.7 Å². The lowest BCUT2D eigenvalue weighted by molar-refractivity contribution is -0.124. The highest BCUT2D eigenvalue weighted by atomic mass is 32.1. The molecule has 0 saturated heterocycles. The third-order valence-corrected chi connectivity index (χ3v) is 5.91. The van der Waals surface area contributed by atoms with E-state index in [-0.39, 0.29) is 24.6 Å². The first kappa shape index (κ1) is 19.7. The molecule has 0 fully saturated rings. The van der Waals surface area contributed by atoms with Crippen molar-refractivity contribution in [3.63, 3.8) is 0 Å². The van der Waals surface area contributed by atoms with E-state index >= 15 is 0 Å². The molecule has 4 rings (SSSR count). The van der Waals surface area contributed by atoms with Crippen molar-refractivity contribution in [3.8, 4) is 0 Å². The van der Waals surface area contributed by atoms with Crippen LogP contribution in [0.2, 0.25) is 0 Å².